The van der Waals surface area contributed by atoms with Crippen molar-refractivity contribution >= 4 is 0 Å². The van der Waals surface area contributed by atoms with E-state index in [0.717, 1.165) is 65.8 Å². The van der Waals surface area contributed by atoms with Crippen molar-refractivity contribution in [3.8, 4) is 0 Å². The number of rotatable bonds is 5. The molecule has 3 saturated heterocycles. The van der Waals surface area contributed by atoms with Gasteiger partial charge < -0.3 is 14.7 Å². The molecule has 0 unspecified atom stereocenters. The van der Waals surface area contributed by atoms with Crippen LogP contribution in [0, 0.1) is 25.7 Å². The monoisotopic (exact) mass is 366 g/mol. The fraction of sp³-hybridized carbons (Fsp3) is 0.500. The van der Waals surface area contributed by atoms with E-state index in [1.165, 1.54) is 0 Å². The number of aryl methyl sites for hydroxylation is 2. The van der Waals surface area contributed by atoms with Crippen LogP contribution in [0.4, 0.5) is 0 Å². The summed E-state index contributed by atoms with van der Waals surface area (Å²) in [6.07, 6.45) is 2.29. The van der Waals surface area contributed by atoms with Gasteiger partial charge in [-0.3, -0.25) is 0 Å². The quantitative estimate of drug-likeness (QED) is 0.797. The summed E-state index contributed by atoms with van der Waals surface area (Å²) in [5.41, 5.74) is 3.39. The molecule has 0 radical (unpaired) electrons. The molecule has 27 heavy (non-hydrogen) atoms. The summed E-state index contributed by atoms with van der Waals surface area (Å²) in [7, 11) is 0. The molecular weight excluding hydrogens is 334 g/mol. The van der Waals surface area contributed by atoms with Gasteiger partial charge in [-0.2, -0.15) is 0 Å². The molecule has 0 aromatic heterocycles. The lowest BCUT2D eigenvalue weighted by Gasteiger charge is -2.56. The van der Waals surface area contributed by atoms with Crippen LogP contribution in [0.5, 0.6) is 0 Å². The van der Waals surface area contributed by atoms with Gasteiger partial charge in [-0.25, -0.2) is 0 Å². The first-order chi connectivity index (χ1) is 13.0. The smallest absolute Gasteiger partial charge is 0.124 e. The third kappa shape index (κ3) is 3.02. The second-order valence-corrected chi connectivity index (χ2v) is 8.76. The number of nitrogens with zero attached hydrogens (tertiary/aromatic N) is 1. The van der Waals surface area contributed by atoms with Crippen molar-refractivity contribution in [3.05, 3.63) is 70.8 Å². The van der Waals surface area contributed by atoms with Gasteiger partial charge >= 0.3 is 0 Å². The van der Waals surface area contributed by atoms with E-state index in [2.05, 4.69) is 38.1 Å². The van der Waals surface area contributed by atoms with Crippen molar-refractivity contribution in [3.63, 3.8) is 0 Å². The molecule has 0 amide bonds. The van der Waals surface area contributed by atoms with E-state index >= 15 is 0 Å². The minimum atomic E-state index is -0.985. The number of piperidine rings is 3. The van der Waals surface area contributed by atoms with Gasteiger partial charge in [0.25, 0.3) is 0 Å². The van der Waals surface area contributed by atoms with Crippen LogP contribution in [0.1, 0.15) is 35.1 Å². The second-order valence-electron chi connectivity index (χ2n) is 8.76. The highest BCUT2D eigenvalue weighted by atomic mass is 16.3. The molecule has 3 aliphatic rings. The number of fused-ring (bicyclic) bond motifs is 3. The van der Waals surface area contributed by atoms with E-state index in [9.17, 15) is 10.2 Å². The van der Waals surface area contributed by atoms with Crippen LogP contribution in [0.2, 0.25) is 0 Å². The predicted molar refractivity (Wildman–Crippen MR) is 108 cm³/mol. The number of aliphatic hydroxyl groups is 2. The lowest BCUT2D eigenvalue weighted by atomic mass is 9.63. The van der Waals surface area contributed by atoms with E-state index in [-0.39, 0.29) is 12.5 Å². The highest BCUT2D eigenvalue weighted by Crippen LogP contribution is 2.50. The molecule has 3 nitrogen and oxygen atoms in total. The SMILES string of the molecule is Cc1ccccc1C(O)(c1ccccc1C)[C@@H]1C[N+]2(CCO)CCC1CC2. The van der Waals surface area contributed by atoms with Gasteiger partial charge in [0.2, 0.25) is 0 Å². The molecule has 3 aliphatic heterocycles. The van der Waals surface area contributed by atoms with E-state index in [0.29, 0.717) is 5.92 Å². The largest absolute Gasteiger partial charge is 0.391 e. The summed E-state index contributed by atoms with van der Waals surface area (Å²) >= 11 is 0. The Hall–Kier alpha value is -1.68. The van der Waals surface area contributed by atoms with Gasteiger partial charge in [0.1, 0.15) is 12.1 Å². The van der Waals surface area contributed by atoms with Gasteiger partial charge in [-0.05, 0) is 42.0 Å². The maximum Gasteiger partial charge on any atom is 0.124 e. The van der Waals surface area contributed by atoms with Crippen LogP contribution in [0.3, 0.4) is 0 Å². The van der Waals surface area contributed by atoms with Crippen molar-refractivity contribution < 1.29 is 14.7 Å². The van der Waals surface area contributed by atoms with E-state index < -0.39 is 5.60 Å². The third-order valence-electron chi connectivity index (χ3n) is 7.32. The average molecular weight is 367 g/mol. The zero-order valence-corrected chi connectivity index (χ0v) is 16.6. The van der Waals surface area contributed by atoms with Crippen LogP contribution in [0.25, 0.3) is 0 Å². The maximum atomic E-state index is 12.5. The third-order valence-corrected chi connectivity index (χ3v) is 7.32. The molecule has 2 aromatic carbocycles. The zero-order valence-electron chi connectivity index (χ0n) is 16.6. The molecular formula is C24H32NO2+. The number of benzene rings is 2. The van der Waals surface area contributed by atoms with Crippen molar-refractivity contribution in [2.24, 2.45) is 11.8 Å². The number of aliphatic hydroxyl groups excluding tert-OH is 1. The fourth-order valence-electron chi connectivity index (χ4n) is 5.83. The topological polar surface area (TPSA) is 40.5 Å². The Kier molecular flexibility index (Phi) is 4.87. The molecule has 0 spiro atoms. The van der Waals surface area contributed by atoms with Gasteiger partial charge in [0.05, 0.1) is 26.2 Å². The minimum Gasteiger partial charge on any atom is -0.391 e. The van der Waals surface area contributed by atoms with Crippen molar-refractivity contribution in [1.82, 2.24) is 0 Å². The lowest BCUT2D eigenvalue weighted by molar-refractivity contribution is -0.948. The van der Waals surface area contributed by atoms with Crippen LogP contribution < -0.4 is 0 Å². The summed E-state index contributed by atoms with van der Waals surface area (Å²) in [5.74, 6) is 0.710. The van der Waals surface area contributed by atoms with Crippen molar-refractivity contribution in [1.29, 1.82) is 0 Å². The highest BCUT2D eigenvalue weighted by Gasteiger charge is 2.55. The lowest BCUT2D eigenvalue weighted by Crippen LogP contribution is -2.66. The number of hydrogen-bond donors (Lipinski definition) is 2. The molecule has 5 rings (SSSR count). The molecule has 2 aromatic rings. The Bertz CT molecular complexity index is 757. The van der Waals surface area contributed by atoms with Crippen LogP contribution in [-0.4, -0.2) is 47.5 Å². The van der Waals surface area contributed by atoms with Crippen LogP contribution >= 0.6 is 0 Å². The Morgan fingerprint density at radius 2 is 1.44 bits per heavy atom. The molecule has 2 bridgehead atoms. The Balaban J connectivity index is 1.87. The Morgan fingerprint density at radius 3 is 1.93 bits per heavy atom. The first-order valence-corrected chi connectivity index (χ1v) is 10.3. The fourth-order valence-corrected chi connectivity index (χ4v) is 5.83. The minimum absolute atomic E-state index is 0.175. The summed E-state index contributed by atoms with van der Waals surface area (Å²) in [6.45, 7) is 8.48. The summed E-state index contributed by atoms with van der Waals surface area (Å²) in [4.78, 5) is 0. The Morgan fingerprint density at radius 1 is 0.926 bits per heavy atom. The van der Waals surface area contributed by atoms with Gasteiger partial charge in [0, 0.05) is 18.8 Å². The summed E-state index contributed by atoms with van der Waals surface area (Å²) < 4.78 is 0.956. The molecule has 144 valence electrons. The zero-order chi connectivity index (χ0) is 19.1. The van der Waals surface area contributed by atoms with E-state index in [1.807, 2.05) is 24.3 Å². The predicted octanol–water partition coefficient (Wildman–Crippen LogP) is 3.39. The van der Waals surface area contributed by atoms with Crippen LogP contribution in [0.15, 0.2) is 48.5 Å². The highest BCUT2D eigenvalue weighted by molar-refractivity contribution is 5.45. The molecule has 0 aliphatic carbocycles. The molecule has 3 heterocycles. The molecule has 2 N–H and O–H groups in total. The first kappa shape index (κ1) is 18.7. The molecule has 0 saturated carbocycles. The van der Waals surface area contributed by atoms with Gasteiger partial charge in [-0.15, -0.1) is 0 Å². The second kappa shape index (κ2) is 7.05. The molecule has 3 fully saturated rings. The first-order valence-electron chi connectivity index (χ1n) is 10.3. The van der Waals surface area contributed by atoms with E-state index in [1.54, 1.807) is 0 Å². The van der Waals surface area contributed by atoms with Gasteiger partial charge in [0.15, 0.2) is 0 Å². The summed E-state index contributed by atoms with van der Waals surface area (Å²) in [5, 5.41) is 22.1. The number of hydrogen-bond acceptors (Lipinski definition) is 2. The van der Waals surface area contributed by atoms with E-state index in [4.69, 9.17) is 0 Å². The normalized spacial score (nSPS) is 27.7. The molecule has 3 heteroatoms. The summed E-state index contributed by atoms with van der Waals surface area (Å²) in [6, 6.07) is 16.6. The van der Waals surface area contributed by atoms with Crippen molar-refractivity contribution in [2.45, 2.75) is 32.3 Å². The standard InChI is InChI=1S/C24H32NO2/c1-18-7-3-5-9-21(18)24(27,22-10-6-4-8-19(22)2)23-17-25(15-16-26)13-11-20(23)12-14-25/h3-10,20,23,26-27H,11-17H2,1-2H3/q+1/t20?,23-,25?/m1/s1. The Labute approximate surface area is 162 Å². The van der Waals surface area contributed by atoms with Gasteiger partial charge in [-0.1, -0.05) is 48.5 Å². The number of quaternary nitrogens is 1. The molecule has 1 atom stereocenters. The van der Waals surface area contributed by atoms with Crippen LogP contribution in [-0.2, 0) is 5.60 Å². The average Bonchev–Trinajstić information content (AvgIpc) is 2.69. The van der Waals surface area contributed by atoms with Crippen molar-refractivity contribution in [2.75, 3.05) is 32.8 Å². The maximum absolute atomic E-state index is 12.5.